The number of hydrogen-bond donors (Lipinski definition) is 4. The van der Waals surface area contributed by atoms with Gasteiger partial charge in [-0.1, -0.05) is 13.3 Å². The van der Waals surface area contributed by atoms with E-state index in [1.807, 2.05) is 6.92 Å². The van der Waals surface area contributed by atoms with E-state index < -0.39 is 24.4 Å². The van der Waals surface area contributed by atoms with Crippen LogP contribution in [0.4, 0.5) is 0 Å². The first-order valence-electron chi connectivity index (χ1n) is 4.80. The molecule has 0 amide bonds. The molecule has 5 unspecified atom stereocenters. The molecule has 13 heavy (non-hydrogen) atoms. The molecule has 0 spiro atoms. The zero-order chi connectivity index (χ0) is 10.0. The molecule has 0 aliphatic heterocycles. The van der Waals surface area contributed by atoms with E-state index in [-0.39, 0.29) is 5.92 Å². The molecule has 0 aromatic rings. The van der Waals surface area contributed by atoms with E-state index in [4.69, 9.17) is 0 Å². The van der Waals surface area contributed by atoms with Crippen molar-refractivity contribution in [2.24, 2.45) is 5.92 Å². The van der Waals surface area contributed by atoms with Gasteiger partial charge >= 0.3 is 0 Å². The Bertz CT molecular complexity index is 162. The lowest BCUT2D eigenvalue weighted by atomic mass is 9.79. The van der Waals surface area contributed by atoms with Gasteiger partial charge < -0.3 is 20.4 Å². The highest BCUT2D eigenvalue weighted by atomic mass is 16.4. The minimum atomic E-state index is -1.21. The molecule has 1 aliphatic carbocycles. The molecule has 0 aromatic carbocycles. The fraction of sp³-hybridized carbons (Fsp3) is 1.00. The zero-order valence-corrected chi connectivity index (χ0v) is 7.80. The summed E-state index contributed by atoms with van der Waals surface area (Å²) in [6.07, 6.45) is -2.19. The SMILES string of the molecule is CCCC1CC(O)C(O)C(O)C1O. The topological polar surface area (TPSA) is 80.9 Å². The Morgan fingerprint density at radius 2 is 1.62 bits per heavy atom. The van der Waals surface area contributed by atoms with E-state index in [2.05, 4.69) is 0 Å². The van der Waals surface area contributed by atoms with Crippen molar-refractivity contribution in [2.75, 3.05) is 0 Å². The predicted molar refractivity (Wildman–Crippen MR) is 47.0 cm³/mol. The summed E-state index contributed by atoms with van der Waals surface area (Å²) in [5, 5.41) is 37.5. The highest BCUT2D eigenvalue weighted by Gasteiger charge is 2.41. The van der Waals surface area contributed by atoms with Crippen LogP contribution in [0.2, 0.25) is 0 Å². The summed E-state index contributed by atoms with van der Waals surface area (Å²) < 4.78 is 0. The quantitative estimate of drug-likeness (QED) is 0.462. The van der Waals surface area contributed by atoms with Gasteiger partial charge in [0, 0.05) is 0 Å². The molecule has 1 fully saturated rings. The number of hydrogen-bond acceptors (Lipinski definition) is 4. The number of rotatable bonds is 2. The molecule has 0 bridgehead atoms. The predicted octanol–water partition coefficient (Wildman–Crippen LogP) is -0.750. The molecule has 4 N–H and O–H groups in total. The summed E-state index contributed by atoms with van der Waals surface area (Å²) in [6.45, 7) is 1.98. The first-order chi connectivity index (χ1) is 6.07. The second-order valence-electron chi connectivity index (χ2n) is 3.82. The molecule has 78 valence electrons. The van der Waals surface area contributed by atoms with E-state index in [0.29, 0.717) is 6.42 Å². The maximum Gasteiger partial charge on any atom is 0.108 e. The van der Waals surface area contributed by atoms with Crippen LogP contribution >= 0.6 is 0 Å². The average Bonchev–Trinajstić information content (AvgIpc) is 2.11. The van der Waals surface area contributed by atoms with Crippen molar-refractivity contribution >= 4 is 0 Å². The molecule has 0 aromatic heterocycles. The first kappa shape index (κ1) is 10.9. The van der Waals surface area contributed by atoms with Gasteiger partial charge in [0.1, 0.15) is 12.2 Å². The third-order valence-corrected chi connectivity index (χ3v) is 2.78. The Hall–Kier alpha value is -0.160. The average molecular weight is 190 g/mol. The maximum atomic E-state index is 9.54. The van der Waals surface area contributed by atoms with E-state index in [1.54, 1.807) is 0 Å². The van der Waals surface area contributed by atoms with Crippen molar-refractivity contribution in [3.8, 4) is 0 Å². The van der Waals surface area contributed by atoms with E-state index in [9.17, 15) is 20.4 Å². The lowest BCUT2D eigenvalue weighted by Crippen LogP contribution is -2.53. The fourth-order valence-corrected chi connectivity index (χ4v) is 1.96. The van der Waals surface area contributed by atoms with Crippen LogP contribution in [0.3, 0.4) is 0 Å². The van der Waals surface area contributed by atoms with Gasteiger partial charge in [0.15, 0.2) is 0 Å². The molecular formula is C9H18O4. The molecule has 4 nitrogen and oxygen atoms in total. The summed E-state index contributed by atoms with van der Waals surface area (Å²) in [5.41, 5.74) is 0. The van der Waals surface area contributed by atoms with Gasteiger partial charge in [0.2, 0.25) is 0 Å². The lowest BCUT2D eigenvalue weighted by Gasteiger charge is -2.38. The molecule has 4 heteroatoms. The molecule has 0 saturated heterocycles. The largest absolute Gasteiger partial charge is 0.390 e. The van der Waals surface area contributed by atoms with Crippen molar-refractivity contribution in [1.82, 2.24) is 0 Å². The third kappa shape index (κ3) is 2.20. The summed E-state index contributed by atoms with van der Waals surface area (Å²) in [6, 6.07) is 0. The van der Waals surface area contributed by atoms with Crippen molar-refractivity contribution in [3.05, 3.63) is 0 Å². The van der Waals surface area contributed by atoms with Gasteiger partial charge in [-0.15, -0.1) is 0 Å². The first-order valence-corrected chi connectivity index (χ1v) is 4.80. The smallest absolute Gasteiger partial charge is 0.108 e. The minimum Gasteiger partial charge on any atom is -0.390 e. The van der Waals surface area contributed by atoms with Crippen LogP contribution in [0.25, 0.3) is 0 Å². The maximum absolute atomic E-state index is 9.54. The number of aliphatic hydroxyl groups is 4. The van der Waals surface area contributed by atoms with E-state index >= 15 is 0 Å². The zero-order valence-electron chi connectivity index (χ0n) is 7.80. The van der Waals surface area contributed by atoms with E-state index in [0.717, 1.165) is 12.8 Å². The number of aliphatic hydroxyl groups excluding tert-OH is 4. The highest BCUT2D eigenvalue weighted by molar-refractivity contribution is 4.92. The van der Waals surface area contributed by atoms with Crippen LogP contribution in [0.1, 0.15) is 26.2 Å². The van der Waals surface area contributed by atoms with Crippen molar-refractivity contribution in [1.29, 1.82) is 0 Å². The van der Waals surface area contributed by atoms with Gasteiger partial charge in [-0.05, 0) is 18.8 Å². The molecule has 1 aliphatic rings. The Morgan fingerprint density at radius 1 is 1.00 bits per heavy atom. The second kappa shape index (κ2) is 4.37. The van der Waals surface area contributed by atoms with Crippen LogP contribution in [0.15, 0.2) is 0 Å². The fourth-order valence-electron chi connectivity index (χ4n) is 1.96. The minimum absolute atomic E-state index is 0.0987. The van der Waals surface area contributed by atoms with Gasteiger partial charge in [-0.2, -0.15) is 0 Å². The molecular weight excluding hydrogens is 172 g/mol. The Kier molecular flexibility index (Phi) is 3.67. The summed E-state index contributed by atoms with van der Waals surface area (Å²) >= 11 is 0. The van der Waals surface area contributed by atoms with Crippen molar-refractivity contribution < 1.29 is 20.4 Å². The lowest BCUT2D eigenvalue weighted by molar-refractivity contribution is -0.158. The molecule has 0 radical (unpaired) electrons. The molecule has 0 heterocycles. The monoisotopic (exact) mass is 190 g/mol. The van der Waals surface area contributed by atoms with Crippen LogP contribution in [0.5, 0.6) is 0 Å². The van der Waals surface area contributed by atoms with Gasteiger partial charge in [-0.25, -0.2) is 0 Å². The van der Waals surface area contributed by atoms with Crippen molar-refractivity contribution in [2.45, 2.75) is 50.6 Å². The molecule has 1 rings (SSSR count). The van der Waals surface area contributed by atoms with Crippen LogP contribution < -0.4 is 0 Å². The Labute approximate surface area is 77.8 Å². The second-order valence-corrected chi connectivity index (χ2v) is 3.82. The molecule has 1 saturated carbocycles. The Morgan fingerprint density at radius 3 is 2.15 bits per heavy atom. The third-order valence-electron chi connectivity index (χ3n) is 2.78. The summed E-state index contributed by atoms with van der Waals surface area (Å²) in [4.78, 5) is 0. The molecule has 5 atom stereocenters. The standard InChI is InChI=1S/C9H18O4/c1-2-3-5-4-6(10)8(12)9(13)7(5)11/h5-13H,2-4H2,1H3. The van der Waals surface area contributed by atoms with Crippen LogP contribution in [0, 0.1) is 5.92 Å². The van der Waals surface area contributed by atoms with Gasteiger partial charge in [0.25, 0.3) is 0 Å². The Balaban J connectivity index is 2.59. The van der Waals surface area contributed by atoms with E-state index in [1.165, 1.54) is 0 Å². The van der Waals surface area contributed by atoms with Crippen LogP contribution in [-0.4, -0.2) is 44.8 Å². The van der Waals surface area contributed by atoms with Gasteiger partial charge in [0.05, 0.1) is 12.2 Å². The summed E-state index contributed by atoms with van der Waals surface area (Å²) in [7, 11) is 0. The van der Waals surface area contributed by atoms with Crippen molar-refractivity contribution in [3.63, 3.8) is 0 Å². The van der Waals surface area contributed by atoms with Gasteiger partial charge in [-0.3, -0.25) is 0 Å². The summed E-state index contributed by atoms with van der Waals surface area (Å²) in [5.74, 6) is -0.0987. The normalized spacial score (nSPS) is 46.4. The van der Waals surface area contributed by atoms with Crippen LogP contribution in [-0.2, 0) is 0 Å². The highest BCUT2D eigenvalue weighted by Crippen LogP contribution is 2.28.